The second-order valence-corrected chi connectivity index (χ2v) is 5.72. The van der Waals surface area contributed by atoms with Crippen LogP contribution in [0.25, 0.3) is 0 Å². The zero-order valence-corrected chi connectivity index (χ0v) is 12.9. The lowest BCUT2D eigenvalue weighted by Gasteiger charge is -2.25. The number of rotatable bonds is 8. The summed E-state index contributed by atoms with van der Waals surface area (Å²) in [6, 6.07) is 6.67. The smallest absolute Gasteiger partial charge is 0.124 e. The molecule has 0 radical (unpaired) electrons. The van der Waals surface area contributed by atoms with Crippen LogP contribution in [0.15, 0.2) is 18.2 Å². The SMILES string of the molecule is CNC(C)c1ccc(OC)c(COCCC2CCC2)c1. The van der Waals surface area contributed by atoms with Gasteiger partial charge in [0.05, 0.1) is 13.7 Å². The van der Waals surface area contributed by atoms with Crippen molar-refractivity contribution in [1.82, 2.24) is 5.32 Å². The fraction of sp³-hybridized carbons (Fsp3) is 0.647. The fourth-order valence-electron chi connectivity index (χ4n) is 2.56. The summed E-state index contributed by atoms with van der Waals surface area (Å²) in [5.74, 6) is 1.83. The highest BCUT2D eigenvalue weighted by Gasteiger charge is 2.16. The van der Waals surface area contributed by atoms with E-state index in [2.05, 4.69) is 24.4 Å². The zero-order chi connectivity index (χ0) is 14.4. The minimum Gasteiger partial charge on any atom is -0.496 e. The molecule has 112 valence electrons. The van der Waals surface area contributed by atoms with Crippen molar-refractivity contribution in [3.63, 3.8) is 0 Å². The molecule has 1 aromatic rings. The van der Waals surface area contributed by atoms with Crippen LogP contribution in [-0.2, 0) is 11.3 Å². The Bertz CT molecular complexity index is 415. The van der Waals surface area contributed by atoms with Gasteiger partial charge in [0.1, 0.15) is 5.75 Å². The Kier molecular flexibility index (Phi) is 5.86. The molecule has 1 saturated carbocycles. The molecule has 0 aromatic heterocycles. The molecule has 3 heteroatoms. The number of hydrogen-bond donors (Lipinski definition) is 1. The molecule has 20 heavy (non-hydrogen) atoms. The Morgan fingerprint density at radius 1 is 1.35 bits per heavy atom. The van der Waals surface area contributed by atoms with Gasteiger partial charge in [-0.15, -0.1) is 0 Å². The Hall–Kier alpha value is -1.06. The van der Waals surface area contributed by atoms with Gasteiger partial charge in [-0.2, -0.15) is 0 Å². The van der Waals surface area contributed by atoms with E-state index < -0.39 is 0 Å². The van der Waals surface area contributed by atoms with Gasteiger partial charge in [-0.1, -0.05) is 25.3 Å². The van der Waals surface area contributed by atoms with Crippen LogP contribution in [0.5, 0.6) is 5.75 Å². The molecule has 3 nitrogen and oxygen atoms in total. The average Bonchev–Trinajstić information content (AvgIpc) is 2.44. The first-order chi connectivity index (χ1) is 9.74. The van der Waals surface area contributed by atoms with Crippen LogP contribution in [0.2, 0.25) is 0 Å². The van der Waals surface area contributed by atoms with E-state index in [1.54, 1.807) is 7.11 Å². The molecule has 0 aliphatic heterocycles. The summed E-state index contributed by atoms with van der Waals surface area (Å²) >= 11 is 0. The first-order valence-corrected chi connectivity index (χ1v) is 7.66. The predicted octanol–water partition coefficient (Wildman–Crippen LogP) is 3.68. The maximum atomic E-state index is 5.84. The molecular weight excluding hydrogens is 250 g/mol. The van der Waals surface area contributed by atoms with E-state index in [1.165, 1.54) is 31.2 Å². The monoisotopic (exact) mass is 277 g/mol. The van der Waals surface area contributed by atoms with Gasteiger partial charge < -0.3 is 14.8 Å². The molecule has 1 atom stereocenters. The Balaban J connectivity index is 1.89. The van der Waals surface area contributed by atoms with Crippen LogP contribution in [0.3, 0.4) is 0 Å². The molecule has 1 unspecified atom stereocenters. The largest absolute Gasteiger partial charge is 0.496 e. The van der Waals surface area contributed by atoms with Crippen molar-refractivity contribution < 1.29 is 9.47 Å². The molecule has 1 aliphatic rings. The fourth-order valence-corrected chi connectivity index (χ4v) is 2.56. The normalized spacial score (nSPS) is 16.8. The Morgan fingerprint density at radius 2 is 2.15 bits per heavy atom. The minimum atomic E-state index is 0.342. The maximum absolute atomic E-state index is 5.84. The molecule has 1 aromatic carbocycles. The van der Waals surface area contributed by atoms with E-state index >= 15 is 0 Å². The first-order valence-electron chi connectivity index (χ1n) is 7.66. The lowest BCUT2D eigenvalue weighted by Crippen LogP contribution is -2.14. The van der Waals surface area contributed by atoms with Crippen LogP contribution in [0, 0.1) is 5.92 Å². The topological polar surface area (TPSA) is 30.5 Å². The average molecular weight is 277 g/mol. The molecule has 0 heterocycles. The molecule has 1 aliphatic carbocycles. The molecule has 0 saturated heterocycles. The van der Waals surface area contributed by atoms with E-state index in [0.29, 0.717) is 12.6 Å². The standard InChI is InChI=1S/C17H27NO2/c1-13(18-2)15-7-8-17(19-3)16(11-15)12-20-10-9-14-5-4-6-14/h7-8,11,13-14,18H,4-6,9-10,12H2,1-3H3. The van der Waals surface area contributed by atoms with Crippen molar-refractivity contribution in [1.29, 1.82) is 0 Å². The van der Waals surface area contributed by atoms with Gasteiger partial charge in [0, 0.05) is 18.2 Å². The Morgan fingerprint density at radius 3 is 2.75 bits per heavy atom. The Labute approximate surface area is 122 Å². The summed E-state index contributed by atoms with van der Waals surface area (Å²) < 4.78 is 11.3. The zero-order valence-electron chi connectivity index (χ0n) is 12.9. The molecule has 1 fully saturated rings. The number of hydrogen-bond acceptors (Lipinski definition) is 3. The van der Waals surface area contributed by atoms with Gasteiger partial charge in [0.25, 0.3) is 0 Å². The van der Waals surface area contributed by atoms with Crippen LogP contribution in [-0.4, -0.2) is 20.8 Å². The summed E-state index contributed by atoms with van der Waals surface area (Å²) in [5, 5.41) is 3.26. The van der Waals surface area contributed by atoms with Crippen molar-refractivity contribution in [2.24, 2.45) is 5.92 Å². The third-order valence-corrected chi connectivity index (χ3v) is 4.39. The highest BCUT2D eigenvalue weighted by Crippen LogP contribution is 2.29. The molecule has 0 amide bonds. The van der Waals surface area contributed by atoms with Crippen LogP contribution in [0.1, 0.15) is 49.8 Å². The lowest BCUT2D eigenvalue weighted by atomic mass is 9.83. The van der Waals surface area contributed by atoms with Crippen molar-refractivity contribution >= 4 is 0 Å². The predicted molar refractivity (Wildman–Crippen MR) is 82.1 cm³/mol. The highest BCUT2D eigenvalue weighted by atomic mass is 16.5. The van der Waals surface area contributed by atoms with Gasteiger partial charge in [0.15, 0.2) is 0 Å². The summed E-state index contributed by atoms with van der Waals surface area (Å²) in [6.07, 6.45) is 5.39. The number of methoxy groups -OCH3 is 1. The first kappa shape index (κ1) is 15.3. The lowest BCUT2D eigenvalue weighted by molar-refractivity contribution is 0.0935. The van der Waals surface area contributed by atoms with E-state index in [4.69, 9.17) is 9.47 Å². The summed E-state index contributed by atoms with van der Waals surface area (Å²) in [7, 11) is 3.69. The van der Waals surface area contributed by atoms with Crippen molar-refractivity contribution in [2.75, 3.05) is 20.8 Å². The summed E-state index contributed by atoms with van der Waals surface area (Å²) in [4.78, 5) is 0. The summed E-state index contributed by atoms with van der Waals surface area (Å²) in [6.45, 7) is 3.66. The van der Waals surface area contributed by atoms with Crippen molar-refractivity contribution in [2.45, 2.75) is 45.3 Å². The van der Waals surface area contributed by atoms with Gasteiger partial charge in [-0.05, 0) is 44.0 Å². The van der Waals surface area contributed by atoms with E-state index in [1.807, 2.05) is 13.1 Å². The third-order valence-electron chi connectivity index (χ3n) is 4.39. The number of nitrogens with one attached hydrogen (secondary N) is 1. The van der Waals surface area contributed by atoms with Gasteiger partial charge in [-0.25, -0.2) is 0 Å². The third kappa shape index (κ3) is 3.97. The maximum Gasteiger partial charge on any atom is 0.124 e. The molecular formula is C17H27NO2. The highest BCUT2D eigenvalue weighted by molar-refractivity contribution is 5.38. The quantitative estimate of drug-likeness (QED) is 0.735. The minimum absolute atomic E-state index is 0.342. The van der Waals surface area contributed by atoms with Gasteiger partial charge in [-0.3, -0.25) is 0 Å². The van der Waals surface area contributed by atoms with Crippen molar-refractivity contribution in [3.8, 4) is 5.75 Å². The van der Waals surface area contributed by atoms with Gasteiger partial charge in [0.2, 0.25) is 0 Å². The van der Waals surface area contributed by atoms with Crippen molar-refractivity contribution in [3.05, 3.63) is 29.3 Å². The molecule has 0 spiro atoms. The number of ether oxygens (including phenoxy) is 2. The molecule has 2 rings (SSSR count). The molecule has 1 N–H and O–H groups in total. The van der Waals surface area contributed by atoms with Crippen LogP contribution in [0.4, 0.5) is 0 Å². The second kappa shape index (κ2) is 7.65. The van der Waals surface area contributed by atoms with Gasteiger partial charge >= 0.3 is 0 Å². The van der Waals surface area contributed by atoms with E-state index in [-0.39, 0.29) is 0 Å². The second-order valence-electron chi connectivity index (χ2n) is 5.72. The van der Waals surface area contributed by atoms with E-state index in [0.717, 1.165) is 23.8 Å². The van der Waals surface area contributed by atoms with Crippen LogP contribution >= 0.6 is 0 Å². The number of benzene rings is 1. The van der Waals surface area contributed by atoms with E-state index in [9.17, 15) is 0 Å². The molecule has 0 bridgehead atoms. The summed E-state index contributed by atoms with van der Waals surface area (Å²) in [5.41, 5.74) is 2.41. The van der Waals surface area contributed by atoms with Crippen LogP contribution < -0.4 is 10.1 Å².